The summed E-state index contributed by atoms with van der Waals surface area (Å²) in [6.45, 7) is -1.39. The van der Waals surface area contributed by atoms with Gasteiger partial charge in [0.25, 0.3) is 0 Å². The molecule has 0 atom stereocenters. The van der Waals surface area contributed by atoms with Crippen molar-refractivity contribution >= 4 is 27.5 Å². The van der Waals surface area contributed by atoms with Gasteiger partial charge in [-0.3, -0.25) is 4.79 Å². The summed E-state index contributed by atoms with van der Waals surface area (Å²) < 4.78 is 47.4. The number of hydrogen-bond donors (Lipinski definition) is 1. The maximum Gasteiger partial charge on any atom is 0.422 e. The molecule has 1 amide bonds. The van der Waals surface area contributed by atoms with Crippen molar-refractivity contribution < 1.29 is 27.4 Å². The molecule has 0 spiro atoms. The van der Waals surface area contributed by atoms with Crippen LogP contribution in [0.1, 0.15) is 12.0 Å². The van der Waals surface area contributed by atoms with Crippen LogP contribution in [0.25, 0.3) is 0 Å². The largest absolute Gasteiger partial charge is 0.493 e. The highest BCUT2D eigenvalue weighted by molar-refractivity contribution is 9.10. The van der Waals surface area contributed by atoms with Gasteiger partial charge in [0.2, 0.25) is 5.91 Å². The molecule has 2 aromatic rings. The Bertz CT molecular complexity index is 766. The number of halogens is 4. The molecule has 0 aliphatic carbocycles. The number of rotatable bonds is 7. The second-order valence-electron chi connectivity index (χ2n) is 5.45. The zero-order chi connectivity index (χ0) is 19.2. The van der Waals surface area contributed by atoms with Crippen LogP contribution >= 0.6 is 15.9 Å². The fourth-order valence-electron chi connectivity index (χ4n) is 2.19. The Morgan fingerprint density at radius 3 is 2.58 bits per heavy atom. The fraction of sp³-hybridized carbons (Fsp3) is 0.278. The quantitative estimate of drug-likeness (QED) is 0.672. The summed E-state index contributed by atoms with van der Waals surface area (Å²) in [4.78, 5) is 12.0. The minimum atomic E-state index is -4.42. The third-order valence-corrected chi connectivity index (χ3v) is 3.86. The maximum atomic E-state index is 12.3. The summed E-state index contributed by atoms with van der Waals surface area (Å²) in [5.74, 6) is 0.0331. The van der Waals surface area contributed by atoms with E-state index in [0.717, 1.165) is 10.0 Å². The molecule has 26 heavy (non-hydrogen) atoms. The molecule has 0 saturated heterocycles. The zero-order valence-electron chi connectivity index (χ0n) is 13.9. The van der Waals surface area contributed by atoms with Crippen molar-refractivity contribution in [3.63, 3.8) is 0 Å². The van der Waals surface area contributed by atoms with Crippen LogP contribution in [-0.2, 0) is 11.2 Å². The summed E-state index contributed by atoms with van der Waals surface area (Å²) in [5.41, 5.74) is 1.43. The molecular weight excluding hydrogens is 415 g/mol. The Morgan fingerprint density at radius 2 is 1.92 bits per heavy atom. The first-order chi connectivity index (χ1) is 12.3. The molecule has 1 N–H and O–H groups in total. The van der Waals surface area contributed by atoms with Crippen molar-refractivity contribution in [3.8, 4) is 11.5 Å². The van der Waals surface area contributed by atoms with Crippen LogP contribution in [0.4, 0.5) is 18.9 Å². The van der Waals surface area contributed by atoms with Gasteiger partial charge in [0, 0.05) is 16.6 Å². The lowest BCUT2D eigenvalue weighted by Crippen LogP contribution is -2.19. The number of methoxy groups -OCH3 is 1. The number of hydrogen-bond acceptors (Lipinski definition) is 3. The van der Waals surface area contributed by atoms with Crippen LogP contribution in [-0.4, -0.2) is 25.8 Å². The number of carbonyl (C=O) groups is 1. The zero-order valence-corrected chi connectivity index (χ0v) is 15.5. The molecule has 2 rings (SSSR count). The average Bonchev–Trinajstić information content (AvgIpc) is 2.57. The Morgan fingerprint density at radius 1 is 1.15 bits per heavy atom. The Hall–Kier alpha value is -2.22. The molecule has 0 heterocycles. The standard InChI is InChI=1S/C18H17BrF3NO3/c1-25-16-9-12(5-7-15(16)26-11-18(20,21)22)6-8-17(24)23-14-4-2-3-13(19)10-14/h2-5,7,9-10H,6,8,11H2,1H3,(H,23,24). The predicted molar refractivity (Wildman–Crippen MR) is 95.6 cm³/mol. The van der Waals surface area contributed by atoms with E-state index in [9.17, 15) is 18.0 Å². The van der Waals surface area contributed by atoms with Crippen molar-refractivity contribution in [2.75, 3.05) is 19.0 Å². The van der Waals surface area contributed by atoms with Crippen LogP contribution in [0.15, 0.2) is 46.9 Å². The number of alkyl halides is 3. The highest BCUT2D eigenvalue weighted by atomic mass is 79.9. The van der Waals surface area contributed by atoms with Gasteiger partial charge in [0.1, 0.15) is 0 Å². The molecule has 0 aliphatic heterocycles. The van der Waals surface area contributed by atoms with Crippen molar-refractivity contribution in [1.82, 2.24) is 0 Å². The smallest absolute Gasteiger partial charge is 0.422 e. The lowest BCUT2D eigenvalue weighted by Gasteiger charge is -2.13. The van der Waals surface area contributed by atoms with Gasteiger partial charge in [-0.05, 0) is 42.3 Å². The number of amides is 1. The van der Waals surface area contributed by atoms with E-state index in [1.54, 1.807) is 24.3 Å². The lowest BCUT2D eigenvalue weighted by molar-refractivity contribution is -0.153. The molecular formula is C18H17BrF3NO3. The van der Waals surface area contributed by atoms with Gasteiger partial charge < -0.3 is 14.8 Å². The first kappa shape index (κ1) is 20.1. The van der Waals surface area contributed by atoms with Gasteiger partial charge in [-0.2, -0.15) is 13.2 Å². The van der Waals surface area contributed by atoms with E-state index in [1.807, 2.05) is 12.1 Å². The monoisotopic (exact) mass is 431 g/mol. The summed E-state index contributed by atoms with van der Waals surface area (Å²) in [7, 11) is 1.35. The second kappa shape index (κ2) is 8.93. The molecule has 0 aliphatic rings. The summed E-state index contributed by atoms with van der Waals surface area (Å²) in [6, 6.07) is 11.8. The van der Waals surface area contributed by atoms with E-state index in [2.05, 4.69) is 21.2 Å². The molecule has 8 heteroatoms. The van der Waals surface area contributed by atoms with Gasteiger partial charge in [-0.25, -0.2) is 0 Å². The van der Waals surface area contributed by atoms with E-state index >= 15 is 0 Å². The van der Waals surface area contributed by atoms with E-state index in [1.165, 1.54) is 13.2 Å². The number of benzene rings is 2. The topological polar surface area (TPSA) is 47.6 Å². The van der Waals surface area contributed by atoms with Gasteiger partial charge in [0.05, 0.1) is 7.11 Å². The number of ether oxygens (including phenoxy) is 2. The molecule has 140 valence electrons. The van der Waals surface area contributed by atoms with Crippen molar-refractivity contribution in [3.05, 3.63) is 52.5 Å². The Balaban J connectivity index is 1.93. The summed E-state index contributed by atoms with van der Waals surface area (Å²) in [6.07, 6.45) is -3.79. The van der Waals surface area contributed by atoms with Gasteiger partial charge in [-0.1, -0.05) is 28.1 Å². The highest BCUT2D eigenvalue weighted by Crippen LogP contribution is 2.30. The molecule has 0 unspecified atom stereocenters. The number of anilines is 1. The molecule has 0 saturated carbocycles. The number of nitrogens with one attached hydrogen (secondary N) is 1. The predicted octanol–water partition coefficient (Wildman–Crippen LogP) is 4.97. The van der Waals surface area contributed by atoms with E-state index < -0.39 is 12.8 Å². The normalized spacial score (nSPS) is 11.1. The second-order valence-corrected chi connectivity index (χ2v) is 6.36. The maximum absolute atomic E-state index is 12.3. The summed E-state index contributed by atoms with van der Waals surface area (Å²) >= 11 is 3.33. The molecule has 4 nitrogen and oxygen atoms in total. The number of carbonyl (C=O) groups excluding carboxylic acids is 1. The van der Waals surface area contributed by atoms with E-state index in [-0.39, 0.29) is 23.8 Å². The third-order valence-electron chi connectivity index (χ3n) is 3.37. The molecule has 2 aromatic carbocycles. The number of aryl methyl sites for hydroxylation is 1. The minimum absolute atomic E-state index is 0.00663. The lowest BCUT2D eigenvalue weighted by atomic mass is 10.1. The first-order valence-electron chi connectivity index (χ1n) is 7.69. The molecule has 0 bridgehead atoms. The van der Waals surface area contributed by atoms with Crippen LogP contribution in [0.2, 0.25) is 0 Å². The highest BCUT2D eigenvalue weighted by Gasteiger charge is 2.29. The summed E-state index contributed by atoms with van der Waals surface area (Å²) in [5, 5.41) is 2.78. The average molecular weight is 432 g/mol. The SMILES string of the molecule is COc1cc(CCC(=O)Nc2cccc(Br)c2)ccc1OCC(F)(F)F. The molecule has 0 aromatic heterocycles. The minimum Gasteiger partial charge on any atom is -0.493 e. The fourth-order valence-corrected chi connectivity index (χ4v) is 2.59. The van der Waals surface area contributed by atoms with Crippen molar-refractivity contribution in [1.29, 1.82) is 0 Å². The molecule has 0 fully saturated rings. The first-order valence-corrected chi connectivity index (χ1v) is 8.48. The van der Waals surface area contributed by atoms with Gasteiger partial charge in [0.15, 0.2) is 18.1 Å². The Kier molecular flexibility index (Phi) is 6.90. The van der Waals surface area contributed by atoms with Crippen molar-refractivity contribution in [2.45, 2.75) is 19.0 Å². The van der Waals surface area contributed by atoms with Gasteiger partial charge >= 0.3 is 6.18 Å². The molecule has 0 radical (unpaired) electrons. The van der Waals surface area contributed by atoms with Gasteiger partial charge in [-0.15, -0.1) is 0 Å². The Labute approximate surface area is 157 Å². The van der Waals surface area contributed by atoms with Crippen molar-refractivity contribution in [2.24, 2.45) is 0 Å². The van der Waals surface area contributed by atoms with Crippen LogP contribution < -0.4 is 14.8 Å². The van der Waals surface area contributed by atoms with Crippen LogP contribution in [0.3, 0.4) is 0 Å². The van der Waals surface area contributed by atoms with Crippen LogP contribution in [0, 0.1) is 0 Å². The third kappa shape index (κ3) is 6.59. The van der Waals surface area contributed by atoms with E-state index in [4.69, 9.17) is 9.47 Å². The van der Waals surface area contributed by atoms with E-state index in [0.29, 0.717) is 12.1 Å². The van der Waals surface area contributed by atoms with Crippen LogP contribution in [0.5, 0.6) is 11.5 Å².